The fraction of sp³-hybridized carbons (Fsp3) is 0.700. The van der Waals surface area contributed by atoms with Crippen molar-refractivity contribution in [2.24, 2.45) is 5.92 Å². The maximum Gasteiger partial charge on any atom is 0.260 e. The standard InChI is InChI=1S/C10H19N3O3S/c1-6(2)7(3)13-17(15,16)10-9(5-14)8(4)11-12-10/h6-7,13-14H,5H2,1-4H3,(H,11,12). The van der Waals surface area contributed by atoms with Crippen molar-refractivity contribution in [3.05, 3.63) is 11.3 Å². The van der Waals surface area contributed by atoms with E-state index in [9.17, 15) is 8.42 Å². The summed E-state index contributed by atoms with van der Waals surface area (Å²) in [7, 11) is -3.68. The number of aromatic nitrogens is 2. The summed E-state index contributed by atoms with van der Waals surface area (Å²) in [5.41, 5.74) is 0.874. The highest BCUT2D eigenvalue weighted by Crippen LogP contribution is 2.17. The smallest absolute Gasteiger partial charge is 0.260 e. The van der Waals surface area contributed by atoms with Crippen LogP contribution in [0.4, 0.5) is 0 Å². The molecule has 3 N–H and O–H groups in total. The Morgan fingerprint density at radius 2 is 2.00 bits per heavy atom. The lowest BCUT2D eigenvalue weighted by Gasteiger charge is -2.16. The van der Waals surface area contributed by atoms with Crippen LogP contribution in [-0.4, -0.2) is 29.8 Å². The van der Waals surface area contributed by atoms with Crippen LogP contribution in [0, 0.1) is 12.8 Å². The van der Waals surface area contributed by atoms with E-state index in [2.05, 4.69) is 14.9 Å². The minimum absolute atomic E-state index is 0.120. The zero-order valence-electron chi connectivity index (χ0n) is 10.5. The molecular formula is C10H19N3O3S. The van der Waals surface area contributed by atoms with Crippen LogP contribution >= 0.6 is 0 Å². The quantitative estimate of drug-likeness (QED) is 0.720. The van der Waals surface area contributed by atoms with Crippen molar-refractivity contribution in [2.75, 3.05) is 0 Å². The van der Waals surface area contributed by atoms with Crippen molar-refractivity contribution in [3.8, 4) is 0 Å². The molecule has 0 aliphatic heterocycles. The Bertz CT molecular complexity index is 479. The summed E-state index contributed by atoms with van der Waals surface area (Å²) in [5.74, 6) is 0.183. The molecule has 7 heteroatoms. The molecule has 0 aliphatic rings. The molecule has 0 fully saturated rings. The van der Waals surface area contributed by atoms with Crippen molar-refractivity contribution in [1.29, 1.82) is 0 Å². The molecule has 0 aliphatic carbocycles. The number of sulfonamides is 1. The van der Waals surface area contributed by atoms with E-state index < -0.39 is 10.0 Å². The molecule has 98 valence electrons. The van der Waals surface area contributed by atoms with Gasteiger partial charge in [-0.3, -0.25) is 5.10 Å². The molecule has 1 atom stereocenters. The Morgan fingerprint density at radius 3 is 2.47 bits per heavy atom. The van der Waals surface area contributed by atoms with Gasteiger partial charge in [0.05, 0.1) is 6.61 Å². The first-order valence-corrected chi connectivity index (χ1v) is 6.95. The van der Waals surface area contributed by atoms with Gasteiger partial charge < -0.3 is 5.11 Å². The maximum atomic E-state index is 12.0. The molecule has 17 heavy (non-hydrogen) atoms. The van der Waals surface area contributed by atoms with Crippen LogP contribution in [0.25, 0.3) is 0 Å². The monoisotopic (exact) mass is 261 g/mol. The first-order chi connectivity index (χ1) is 7.79. The third-order valence-corrected chi connectivity index (χ3v) is 4.32. The predicted octanol–water partition coefficient (Wildman–Crippen LogP) is 0.533. The van der Waals surface area contributed by atoms with Crippen LogP contribution in [0.15, 0.2) is 5.03 Å². The van der Waals surface area contributed by atoms with Gasteiger partial charge in [0.25, 0.3) is 10.0 Å². The van der Waals surface area contributed by atoms with Gasteiger partial charge in [-0.25, -0.2) is 13.1 Å². The van der Waals surface area contributed by atoms with Crippen molar-refractivity contribution in [3.63, 3.8) is 0 Å². The number of rotatable bonds is 5. The predicted molar refractivity (Wildman–Crippen MR) is 63.9 cm³/mol. The van der Waals surface area contributed by atoms with E-state index in [1.807, 2.05) is 13.8 Å². The van der Waals surface area contributed by atoms with Crippen molar-refractivity contribution >= 4 is 10.0 Å². The van der Waals surface area contributed by atoms with Gasteiger partial charge in [0.1, 0.15) is 0 Å². The molecule has 1 heterocycles. The van der Waals surface area contributed by atoms with Crippen LogP contribution < -0.4 is 4.72 Å². The van der Waals surface area contributed by atoms with Gasteiger partial charge >= 0.3 is 0 Å². The summed E-state index contributed by atoms with van der Waals surface area (Å²) >= 11 is 0. The summed E-state index contributed by atoms with van der Waals surface area (Å²) in [4.78, 5) is 0. The van der Waals surface area contributed by atoms with Gasteiger partial charge in [0, 0.05) is 17.3 Å². The molecule has 0 spiro atoms. The number of nitrogens with one attached hydrogen (secondary N) is 2. The SMILES string of the molecule is Cc1[nH]nc(S(=O)(=O)NC(C)C(C)C)c1CO. The number of hydrogen-bond acceptors (Lipinski definition) is 4. The zero-order valence-corrected chi connectivity index (χ0v) is 11.3. The summed E-state index contributed by atoms with van der Waals surface area (Å²) in [6, 6.07) is -0.191. The molecule has 1 aromatic rings. The van der Waals surface area contributed by atoms with E-state index in [1.165, 1.54) is 0 Å². The average Bonchev–Trinajstić information content (AvgIpc) is 2.59. The number of aliphatic hydroxyl groups is 1. The Kier molecular flexibility index (Phi) is 4.29. The average molecular weight is 261 g/mol. The van der Waals surface area contributed by atoms with E-state index in [0.717, 1.165) is 0 Å². The van der Waals surface area contributed by atoms with Gasteiger partial charge in [-0.2, -0.15) is 5.10 Å². The van der Waals surface area contributed by atoms with E-state index in [1.54, 1.807) is 13.8 Å². The summed E-state index contributed by atoms with van der Waals surface area (Å²) < 4.78 is 26.6. The number of aliphatic hydroxyl groups excluding tert-OH is 1. The molecule has 0 amide bonds. The molecule has 0 bridgehead atoms. The zero-order chi connectivity index (χ0) is 13.2. The van der Waals surface area contributed by atoms with Crippen molar-refractivity contribution in [1.82, 2.24) is 14.9 Å². The maximum absolute atomic E-state index is 12.0. The lowest BCUT2D eigenvalue weighted by Crippen LogP contribution is -2.36. The molecule has 1 aromatic heterocycles. The summed E-state index contributed by atoms with van der Waals surface area (Å²) in [5, 5.41) is 15.3. The summed E-state index contributed by atoms with van der Waals surface area (Å²) in [6.45, 7) is 6.96. The third kappa shape index (κ3) is 3.05. The highest BCUT2D eigenvalue weighted by atomic mass is 32.2. The molecule has 0 aromatic carbocycles. The normalized spacial score (nSPS) is 14.2. The highest BCUT2D eigenvalue weighted by molar-refractivity contribution is 7.89. The molecule has 0 saturated carbocycles. The Balaban J connectivity index is 3.05. The van der Waals surface area contributed by atoms with Crippen LogP contribution in [0.2, 0.25) is 0 Å². The Labute approximate surface area is 101 Å². The number of aryl methyl sites for hydroxylation is 1. The molecular weight excluding hydrogens is 242 g/mol. The lowest BCUT2D eigenvalue weighted by atomic mass is 10.1. The highest BCUT2D eigenvalue weighted by Gasteiger charge is 2.25. The minimum Gasteiger partial charge on any atom is -0.392 e. The first-order valence-electron chi connectivity index (χ1n) is 5.46. The van der Waals surface area contributed by atoms with E-state index in [4.69, 9.17) is 5.11 Å². The van der Waals surface area contributed by atoms with Crippen molar-refractivity contribution < 1.29 is 13.5 Å². The van der Waals surface area contributed by atoms with Gasteiger partial charge in [-0.1, -0.05) is 13.8 Å². The first kappa shape index (κ1) is 14.1. The van der Waals surface area contributed by atoms with Gasteiger partial charge in [0.2, 0.25) is 0 Å². The minimum atomic E-state index is -3.68. The second-order valence-electron chi connectivity index (χ2n) is 4.44. The number of aromatic amines is 1. The van der Waals surface area contributed by atoms with E-state index in [-0.39, 0.29) is 23.6 Å². The number of nitrogens with zero attached hydrogens (tertiary/aromatic N) is 1. The summed E-state index contributed by atoms with van der Waals surface area (Å²) in [6.07, 6.45) is 0. The lowest BCUT2D eigenvalue weighted by molar-refractivity contribution is 0.277. The Morgan fingerprint density at radius 1 is 1.41 bits per heavy atom. The number of hydrogen-bond donors (Lipinski definition) is 3. The van der Waals surface area contributed by atoms with Crippen LogP contribution in [-0.2, 0) is 16.6 Å². The fourth-order valence-corrected chi connectivity index (χ4v) is 2.86. The largest absolute Gasteiger partial charge is 0.392 e. The third-order valence-electron chi connectivity index (χ3n) is 2.79. The second-order valence-corrected chi connectivity index (χ2v) is 6.07. The van der Waals surface area contributed by atoms with E-state index >= 15 is 0 Å². The van der Waals surface area contributed by atoms with Gasteiger partial charge in [-0.05, 0) is 19.8 Å². The second kappa shape index (κ2) is 5.16. The Hall–Kier alpha value is -0.920. The molecule has 0 radical (unpaired) electrons. The van der Waals surface area contributed by atoms with E-state index in [0.29, 0.717) is 11.3 Å². The van der Waals surface area contributed by atoms with Crippen LogP contribution in [0.5, 0.6) is 0 Å². The fourth-order valence-electron chi connectivity index (χ4n) is 1.28. The van der Waals surface area contributed by atoms with Crippen LogP contribution in [0.1, 0.15) is 32.0 Å². The van der Waals surface area contributed by atoms with Crippen LogP contribution in [0.3, 0.4) is 0 Å². The van der Waals surface area contributed by atoms with Gasteiger partial charge in [0.15, 0.2) is 5.03 Å². The van der Waals surface area contributed by atoms with Crippen molar-refractivity contribution in [2.45, 2.75) is 45.4 Å². The number of H-pyrrole nitrogens is 1. The molecule has 1 unspecified atom stereocenters. The molecule has 1 rings (SSSR count). The molecule has 0 saturated heterocycles. The topological polar surface area (TPSA) is 95.1 Å². The molecule has 6 nitrogen and oxygen atoms in total. The van der Waals surface area contributed by atoms with Gasteiger partial charge in [-0.15, -0.1) is 0 Å².